The molecule has 0 spiro atoms. The first kappa shape index (κ1) is 10.4. The Morgan fingerprint density at radius 3 is 2.43 bits per heavy atom. The fourth-order valence-electron chi connectivity index (χ4n) is 2.71. The van der Waals surface area contributed by atoms with E-state index in [9.17, 15) is 4.39 Å². The van der Waals surface area contributed by atoms with Crippen LogP contribution in [0.1, 0.15) is 32.1 Å². The summed E-state index contributed by atoms with van der Waals surface area (Å²) in [5, 5.41) is 0. The third-order valence-corrected chi connectivity index (χ3v) is 3.73. The first-order chi connectivity index (χ1) is 6.75. The fourth-order valence-corrected chi connectivity index (χ4v) is 2.71. The van der Waals surface area contributed by atoms with E-state index in [2.05, 4.69) is 4.90 Å². The Kier molecular flexibility index (Phi) is 3.39. The highest BCUT2D eigenvalue weighted by Crippen LogP contribution is 2.26. The van der Waals surface area contributed by atoms with E-state index in [4.69, 9.17) is 5.73 Å². The van der Waals surface area contributed by atoms with Crippen LogP contribution in [0.5, 0.6) is 0 Å². The van der Waals surface area contributed by atoms with Crippen LogP contribution >= 0.6 is 0 Å². The van der Waals surface area contributed by atoms with Gasteiger partial charge in [0.2, 0.25) is 0 Å². The van der Waals surface area contributed by atoms with Crippen LogP contribution in [0.15, 0.2) is 0 Å². The van der Waals surface area contributed by atoms with E-state index in [1.54, 1.807) is 0 Å². The third kappa shape index (κ3) is 2.45. The van der Waals surface area contributed by atoms with Crippen molar-refractivity contribution in [2.45, 2.75) is 44.3 Å². The van der Waals surface area contributed by atoms with Crippen LogP contribution in [0.3, 0.4) is 0 Å². The Hall–Kier alpha value is -0.150. The van der Waals surface area contributed by atoms with Gasteiger partial charge in [-0.3, -0.25) is 0 Å². The minimum absolute atomic E-state index is 0.401. The summed E-state index contributed by atoms with van der Waals surface area (Å²) >= 11 is 0. The van der Waals surface area contributed by atoms with E-state index in [-0.39, 0.29) is 0 Å². The van der Waals surface area contributed by atoms with Crippen molar-refractivity contribution in [3.8, 4) is 0 Å². The molecular weight excluding hydrogens is 179 g/mol. The number of halogens is 1. The lowest BCUT2D eigenvalue weighted by Crippen LogP contribution is -2.41. The predicted molar refractivity (Wildman–Crippen MR) is 55.9 cm³/mol. The molecule has 2 fully saturated rings. The van der Waals surface area contributed by atoms with E-state index < -0.39 is 6.17 Å². The summed E-state index contributed by atoms with van der Waals surface area (Å²) < 4.78 is 12.9. The number of piperidine rings is 1. The second-order valence-corrected chi connectivity index (χ2v) is 4.83. The van der Waals surface area contributed by atoms with Crippen molar-refractivity contribution in [1.29, 1.82) is 0 Å². The summed E-state index contributed by atoms with van der Waals surface area (Å²) in [6, 6.07) is 0.401. The lowest BCUT2D eigenvalue weighted by molar-refractivity contribution is 0.132. The molecule has 1 aliphatic carbocycles. The maximum Gasteiger partial charge on any atom is 0.103 e. The number of nitrogens with zero attached hydrogens (tertiary/aromatic N) is 1. The van der Waals surface area contributed by atoms with Crippen LogP contribution in [0.2, 0.25) is 0 Å². The Bertz CT molecular complexity index is 178. The molecule has 2 unspecified atom stereocenters. The predicted octanol–water partition coefficient (Wildman–Crippen LogP) is 1.55. The lowest BCUT2D eigenvalue weighted by atomic mass is 10.0. The van der Waals surface area contributed by atoms with E-state index in [1.807, 2.05) is 0 Å². The van der Waals surface area contributed by atoms with Gasteiger partial charge in [-0.2, -0.15) is 0 Å². The van der Waals surface area contributed by atoms with Crippen molar-refractivity contribution >= 4 is 0 Å². The molecular formula is C11H21FN2. The highest BCUT2D eigenvalue weighted by Gasteiger charge is 2.27. The molecule has 0 amide bonds. The Morgan fingerprint density at radius 1 is 1.14 bits per heavy atom. The maximum absolute atomic E-state index is 12.9. The fraction of sp³-hybridized carbons (Fsp3) is 1.00. The van der Waals surface area contributed by atoms with E-state index in [1.165, 1.54) is 19.3 Å². The Balaban J connectivity index is 1.74. The van der Waals surface area contributed by atoms with Crippen LogP contribution in [-0.4, -0.2) is 36.7 Å². The molecule has 0 bridgehead atoms. The van der Waals surface area contributed by atoms with Crippen LogP contribution in [0.4, 0.5) is 4.39 Å². The zero-order valence-electron chi connectivity index (χ0n) is 8.79. The summed E-state index contributed by atoms with van der Waals surface area (Å²) in [5.41, 5.74) is 6.02. The quantitative estimate of drug-likeness (QED) is 0.732. The Labute approximate surface area is 85.6 Å². The number of rotatable bonds is 2. The molecule has 1 aliphatic heterocycles. The normalized spacial score (nSPS) is 36.4. The van der Waals surface area contributed by atoms with Crippen molar-refractivity contribution in [1.82, 2.24) is 4.90 Å². The average molecular weight is 200 g/mol. The molecule has 2 aliphatic rings. The molecule has 2 nitrogen and oxygen atoms in total. The minimum atomic E-state index is -0.552. The monoisotopic (exact) mass is 200 g/mol. The molecule has 2 rings (SSSR count). The molecule has 0 aromatic heterocycles. The van der Waals surface area contributed by atoms with Crippen LogP contribution in [0, 0.1) is 5.92 Å². The second kappa shape index (κ2) is 4.58. The van der Waals surface area contributed by atoms with Gasteiger partial charge in [-0.05, 0) is 31.6 Å². The van der Waals surface area contributed by atoms with Gasteiger partial charge in [0.25, 0.3) is 0 Å². The van der Waals surface area contributed by atoms with E-state index in [0.717, 1.165) is 32.5 Å². The van der Waals surface area contributed by atoms with Crippen molar-refractivity contribution < 1.29 is 4.39 Å². The minimum Gasteiger partial charge on any atom is -0.327 e. The summed E-state index contributed by atoms with van der Waals surface area (Å²) in [4.78, 5) is 2.39. The third-order valence-electron chi connectivity index (χ3n) is 3.73. The Morgan fingerprint density at radius 2 is 1.86 bits per heavy atom. The molecule has 1 saturated carbocycles. The maximum atomic E-state index is 12.9. The van der Waals surface area contributed by atoms with Gasteiger partial charge in [0.05, 0.1) is 0 Å². The van der Waals surface area contributed by atoms with E-state index >= 15 is 0 Å². The molecule has 0 radical (unpaired) electrons. The van der Waals surface area contributed by atoms with Crippen molar-refractivity contribution in [2.24, 2.45) is 11.7 Å². The standard InChI is InChI=1S/C11H21FN2/c12-10-4-6-14(7-5-10)8-9-2-1-3-11(9)13/h9-11H,1-8,13H2. The van der Waals surface area contributed by atoms with Gasteiger partial charge in [0.15, 0.2) is 0 Å². The second-order valence-electron chi connectivity index (χ2n) is 4.83. The summed E-state index contributed by atoms with van der Waals surface area (Å²) in [5.74, 6) is 0.672. The first-order valence-corrected chi connectivity index (χ1v) is 5.87. The molecule has 1 saturated heterocycles. The highest BCUT2D eigenvalue weighted by molar-refractivity contribution is 4.84. The number of likely N-dealkylation sites (tertiary alicyclic amines) is 1. The van der Waals surface area contributed by atoms with Crippen molar-refractivity contribution in [3.63, 3.8) is 0 Å². The molecule has 0 aromatic carbocycles. The van der Waals surface area contributed by atoms with Gasteiger partial charge < -0.3 is 10.6 Å². The zero-order chi connectivity index (χ0) is 9.97. The molecule has 0 aromatic rings. The first-order valence-electron chi connectivity index (χ1n) is 5.87. The van der Waals surface area contributed by atoms with Crippen LogP contribution < -0.4 is 5.73 Å². The highest BCUT2D eigenvalue weighted by atomic mass is 19.1. The zero-order valence-corrected chi connectivity index (χ0v) is 8.79. The van der Waals surface area contributed by atoms with Crippen molar-refractivity contribution in [3.05, 3.63) is 0 Å². The van der Waals surface area contributed by atoms with Crippen LogP contribution in [0.25, 0.3) is 0 Å². The van der Waals surface area contributed by atoms with Crippen LogP contribution in [-0.2, 0) is 0 Å². The number of hydrogen-bond donors (Lipinski definition) is 1. The van der Waals surface area contributed by atoms with Crippen molar-refractivity contribution in [2.75, 3.05) is 19.6 Å². The van der Waals surface area contributed by atoms with Gasteiger partial charge in [-0.25, -0.2) is 4.39 Å². The molecule has 3 heteroatoms. The molecule has 1 heterocycles. The number of hydrogen-bond acceptors (Lipinski definition) is 2. The summed E-state index contributed by atoms with van der Waals surface area (Å²) in [6.07, 6.45) is 4.64. The lowest BCUT2D eigenvalue weighted by Gasteiger charge is -2.31. The van der Waals surface area contributed by atoms with Gasteiger partial charge in [0.1, 0.15) is 6.17 Å². The molecule has 2 atom stereocenters. The van der Waals surface area contributed by atoms with Gasteiger partial charge >= 0.3 is 0 Å². The van der Waals surface area contributed by atoms with Gasteiger partial charge in [-0.15, -0.1) is 0 Å². The number of alkyl halides is 1. The molecule has 14 heavy (non-hydrogen) atoms. The smallest absolute Gasteiger partial charge is 0.103 e. The topological polar surface area (TPSA) is 29.3 Å². The molecule has 2 N–H and O–H groups in total. The van der Waals surface area contributed by atoms with Gasteiger partial charge in [-0.1, -0.05) is 6.42 Å². The average Bonchev–Trinajstić information content (AvgIpc) is 2.56. The SMILES string of the molecule is NC1CCCC1CN1CCC(F)CC1. The van der Waals surface area contributed by atoms with Gasteiger partial charge in [0, 0.05) is 25.7 Å². The largest absolute Gasteiger partial charge is 0.327 e. The summed E-state index contributed by atoms with van der Waals surface area (Å²) in [6.45, 7) is 2.97. The van der Waals surface area contributed by atoms with E-state index in [0.29, 0.717) is 12.0 Å². The number of nitrogens with two attached hydrogens (primary N) is 1. The summed E-state index contributed by atoms with van der Waals surface area (Å²) in [7, 11) is 0. The molecule has 82 valence electrons.